The zero-order valence-electron chi connectivity index (χ0n) is 8.30. The van der Waals surface area contributed by atoms with Gasteiger partial charge in [0, 0.05) is 0 Å². The molecule has 0 heteroatoms. The Morgan fingerprint density at radius 3 is 2.33 bits per heavy atom. The molecule has 0 aromatic carbocycles. The Balaban J connectivity index is 4.37. The molecule has 0 radical (unpaired) electrons. The summed E-state index contributed by atoms with van der Waals surface area (Å²) in [6.07, 6.45) is 11.3. The molecule has 0 atom stereocenters. The number of rotatable bonds is 4. The van der Waals surface area contributed by atoms with Crippen LogP contribution in [-0.2, 0) is 0 Å². The topological polar surface area (TPSA) is 0 Å². The van der Waals surface area contributed by atoms with Gasteiger partial charge < -0.3 is 0 Å². The van der Waals surface area contributed by atoms with Crippen molar-refractivity contribution < 1.29 is 0 Å². The standard InChI is InChI=1S/C12H18/c1-5-7-12(8-6-2)10-9-11(3)4/h5-6,8-10H,1,7H2,2-4H3. The summed E-state index contributed by atoms with van der Waals surface area (Å²) in [5.74, 6) is 0. The van der Waals surface area contributed by atoms with Gasteiger partial charge in [0.15, 0.2) is 0 Å². The molecule has 0 saturated carbocycles. The lowest BCUT2D eigenvalue weighted by Gasteiger charge is -1.94. The number of allylic oxidation sites excluding steroid dienone is 7. The smallest absolute Gasteiger partial charge is 0.0100 e. The first-order valence-corrected chi connectivity index (χ1v) is 4.28. The van der Waals surface area contributed by atoms with E-state index in [1.54, 1.807) is 0 Å². The Morgan fingerprint density at radius 1 is 1.25 bits per heavy atom. The van der Waals surface area contributed by atoms with E-state index in [-0.39, 0.29) is 0 Å². The maximum atomic E-state index is 3.71. The molecule has 66 valence electrons. The quantitative estimate of drug-likeness (QED) is 0.432. The predicted octanol–water partition coefficient (Wildman–Crippen LogP) is 4.03. The fourth-order valence-electron chi connectivity index (χ4n) is 0.846. The van der Waals surface area contributed by atoms with Gasteiger partial charge in [-0.2, -0.15) is 0 Å². The van der Waals surface area contributed by atoms with Gasteiger partial charge in [0.05, 0.1) is 0 Å². The van der Waals surface area contributed by atoms with Crippen molar-refractivity contribution in [3.63, 3.8) is 0 Å². The molecule has 0 spiro atoms. The molecule has 0 aromatic heterocycles. The van der Waals surface area contributed by atoms with Crippen molar-refractivity contribution in [3.05, 3.63) is 48.1 Å². The summed E-state index contributed by atoms with van der Waals surface area (Å²) in [7, 11) is 0. The van der Waals surface area contributed by atoms with Gasteiger partial charge in [-0.05, 0) is 32.8 Å². The van der Waals surface area contributed by atoms with Crippen LogP contribution in [0.4, 0.5) is 0 Å². The molecular formula is C12H18. The van der Waals surface area contributed by atoms with Gasteiger partial charge in [0.2, 0.25) is 0 Å². The summed E-state index contributed by atoms with van der Waals surface area (Å²) in [5, 5.41) is 0. The highest BCUT2D eigenvalue weighted by Gasteiger charge is 1.85. The lowest BCUT2D eigenvalue weighted by molar-refractivity contribution is 1.28. The molecule has 0 heterocycles. The third kappa shape index (κ3) is 5.72. The molecule has 0 saturated heterocycles. The van der Waals surface area contributed by atoms with Crippen LogP contribution >= 0.6 is 0 Å². The zero-order chi connectivity index (χ0) is 9.40. The van der Waals surface area contributed by atoms with Crippen LogP contribution in [0.5, 0.6) is 0 Å². The van der Waals surface area contributed by atoms with Gasteiger partial charge in [-0.25, -0.2) is 0 Å². The Morgan fingerprint density at radius 2 is 1.92 bits per heavy atom. The molecule has 0 aliphatic rings. The Hall–Kier alpha value is -1.04. The molecule has 0 aromatic rings. The first-order valence-electron chi connectivity index (χ1n) is 4.28. The second-order valence-corrected chi connectivity index (χ2v) is 2.98. The van der Waals surface area contributed by atoms with Crippen LogP contribution in [0.15, 0.2) is 48.1 Å². The highest BCUT2D eigenvalue weighted by molar-refractivity contribution is 5.26. The normalized spacial score (nSPS) is 11.8. The molecule has 0 rings (SSSR count). The highest BCUT2D eigenvalue weighted by atomic mass is 13.9. The molecular weight excluding hydrogens is 144 g/mol. The molecule has 0 fully saturated rings. The SMILES string of the molecule is C=CCC(C=CC)=CC=C(C)C. The Labute approximate surface area is 76.0 Å². The van der Waals surface area contributed by atoms with Gasteiger partial charge in [-0.15, -0.1) is 6.58 Å². The lowest BCUT2D eigenvalue weighted by Crippen LogP contribution is -1.74. The number of hydrogen-bond acceptors (Lipinski definition) is 0. The van der Waals surface area contributed by atoms with Crippen molar-refractivity contribution in [2.75, 3.05) is 0 Å². The van der Waals surface area contributed by atoms with Crippen molar-refractivity contribution in [2.45, 2.75) is 27.2 Å². The van der Waals surface area contributed by atoms with Gasteiger partial charge >= 0.3 is 0 Å². The molecule has 0 unspecified atom stereocenters. The van der Waals surface area contributed by atoms with Crippen molar-refractivity contribution in [2.24, 2.45) is 0 Å². The minimum absolute atomic E-state index is 0.939. The van der Waals surface area contributed by atoms with Crippen molar-refractivity contribution >= 4 is 0 Å². The first-order chi connectivity index (χ1) is 5.70. The molecule has 12 heavy (non-hydrogen) atoms. The van der Waals surface area contributed by atoms with Crippen LogP contribution in [-0.4, -0.2) is 0 Å². The van der Waals surface area contributed by atoms with Crippen molar-refractivity contribution in [1.29, 1.82) is 0 Å². The first kappa shape index (κ1) is 11.0. The van der Waals surface area contributed by atoms with E-state index in [1.807, 2.05) is 19.1 Å². The van der Waals surface area contributed by atoms with Crippen molar-refractivity contribution in [3.8, 4) is 0 Å². The Kier molecular flexibility index (Phi) is 6.08. The second-order valence-electron chi connectivity index (χ2n) is 2.98. The summed E-state index contributed by atoms with van der Waals surface area (Å²) in [6, 6.07) is 0. The average Bonchev–Trinajstić information content (AvgIpc) is 2.01. The second kappa shape index (κ2) is 6.66. The summed E-state index contributed by atoms with van der Waals surface area (Å²) in [4.78, 5) is 0. The van der Waals surface area contributed by atoms with E-state index in [2.05, 4.69) is 38.7 Å². The third-order valence-corrected chi connectivity index (χ3v) is 1.39. The Bertz CT molecular complexity index is 210. The van der Waals surface area contributed by atoms with Crippen molar-refractivity contribution in [1.82, 2.24) is 0 Å². The van der Waals surface area contributed by atoms with Gasteiger partial charge in [-0.3, -0.25) is 0 Å². The van der Waals surface area contributed by atoms with E-state index in [0.717, 1.165) is 6.42 Å². The maximum absolute atomic E-state index is 3.71. The van der Waals surface area contributed by atoms with Crippen LogP contribution in [0, 0.1) is 0 Å². The summed E-state index contributed by atoms with van der Waals surface area (Å²) >= 11 is 0. The van der Waals surface area contributed by atoms with Crippen LogP contribution in [0.1, 0.15) is 27.2 Å². The zero-order valence-corrected chi connectivity index (χ0v) is 8.30. The highest BCUT2D eigenvalue weighted by Crippen LogP contribution is 2.05. The van der Waals surface area contributed by atoms with Gasteiger partial charge in [-0.1, -0.05) is 36.0 Å². The molecule has 0 amide bonds. The molecule has 0 bridgehead atoms. The van der Waals surface area contributed by atoms with E-state index >= 15 is 0 Å². The third-order valence-electron chi connectivity index (χ3n) is 1.39. The minimum Gasteiger partial charge on any atom is -0.103 e. The van der Waals surface area contributed by atoms with Crippen LogP contribution < -0.4 is 0 Å². The molecule has 0 N–H and O–H groups in total. The van der Waals surface area contributed by atoms with Gasteiger partial charge in [0.25, 0.3) is 0 Å². The van der Waals surface area contributed by atoms with Crippen LogP contribution in [0.2, 0.25) is 0 Å². The van der Waals surface area contributed by atoms with Crippen LogP contribution in [0.25, 0.3) is 0 Å². The lowest BCUT2D eigenvalue weighted by atomic mass is 10.1. The van der Waals surface area contributed by atoms with Gasteiger partial charge in [0.1, 0.15) is 0 Å². The van der Waals surface area contributed by atoms with E-state index in [0.29, 0.717) is 0 Å². The maximum Gasteiger partial charge on any atom is -0.0100 e. The minimum atomic E-state index is 0.939. The van der Waals surface area contributed by atoms with E-state index in [1.165, 1.54) is 11.1 Å². The predicted molar refractivity (Wildman–Crippen MR) is 57.1 cm³/mol. The fraction of sp³-hybridized carbons (Fsp3) is 0.333. The monoisotopic (exact) mass is 162 g/mol. The average molecular weight is 162 g/mol. The van der Waals surface area contributed by atoms with E-state index in [9.17, 15) is 0 Å². The van der Waals surface area contributed by atoms with E-state index < -0.39 is 0 Å². The van der Waals surface area contributed by atoms with E-state index in [4.69, 9.17) is 0 Å². The summed E-state index contributed by atoms with van der Waals surface area (Å²) < 4.78 is 0. The van der Waals surface area contributed by atoms with Crippen LogP contribution in [0.3, 0.4) is 0 Å². The summed E-state index contributed by atoms with van der Waals surface area (Å²) in [5.41, 5.74) is 2.62. The largest absolute Gasteiger partial charge is 0.103 e. The molecule has 0 aliphatic heterocycles. The summed E-state index contributed by atoms with van der Waals surface area (Å²) in [6.45, 7) is 9.93. The fourth-order valence-corrected chi connectivity index (χ4v) is 0.846. The molecule has 0 nitrogen and oxygen atoms in total. The number of hydrogen-bond donors (Lipinski definition) is 0. The molecule has 0 aliphatic carbocycles.